The second-order valence-corrected chi connectivity index (χ2v) is 3.85. The van der Waals surface area contributed by atoms with Crippen LogP contribution in [0.1, 0.15) is 0 Å². The second kappa shape index (κ2) is 3.20. The molecule has 3 heterocycles. The molecule has 0 aromatic carbocycles. The summed E-state index contributed by atoms with van der Waals surface area (Å²) >= 11 is 3.26. The molecule has 0 saturated carbocycles. The number of imidazole rings is 1. The largest absolute Gasteiger partial charge is 0.448 e. The van der Waals surface area contributed by atoms with Gasteiger partial charge in [-0.05, 0) is 28.1 Å². The summed E-state index contributed by atoms with van der Waals surface area (Å²) in [4.78, 5) is 8.38. The van der Waals surface area contributed by atoms with Gasteiger partial charge in [0.2, 0.25) is 0 Å². The number of fused-ring (bicyclic) bond motifs is 1. The van der Waals surface area contributed by atoms with E-state index in [9.17, 15) is 0 Å². The van der Waals surface area contributed by atoms with Crippen molar-refractivity contribution in [3.63, 3.8) is 0 Å². The van der Waals surface area contributed by atoms with Crippen LogP contribution >= 0.6 is 15.9 Å². The maximum atomic E-state index is 5.42. The summed E-state index contributed by atoms with van der Waals surface area (Å²) < 4.78 is 8.02. The average molecular weight is 264 g/mol. The summed E-state index contributed by atoms with van der Waals surface area (Å²) in [5.74, 6) is 0.741. The van der Waals surface area contributed by atoms with Crippen molar-refractivity contribution in [3.8, 4) is 11.5 Å². The van der Waals surface area contributed by atoms with Crippen molar-refractivity contribution in [1.29, 1.82) is 0 Å². The molecule has 0 N–H and O–H groups in total. The Kier molecular flexibility index (Phi) is 1.85. The Morgan fingerprint density at radius 3 is 3.00 bits per heavy atom. The SMILES string of the molecule is Brc1ccc(-c2cn3ccncc3n2)o1. The fraction of sp³-hybridized carbons (Fsp3) is 0. The van der Waals surface area contributed by atoms with Crippen LogP contribution in [0.5, 0.6) is 0 Å². The van der Waals surface area contributed by atoms with Crippen LogP contribution in [0.15, 0.2) is 46.0 Å². The summed E-state index contributed by atoms with van der Waals surface area (Å²) in [6.07, 6.45) is 7.18. The summed E-state index contributed by atoms with van der Waals surface area (Å²) in [5, 5.41) is 0. The van der Waals surface area contributed by atoms with E-state index in [0.29, 0.717) is 4.67 Å². The number of furan rings is 1. The highest BCUT2D eigenvalue weighted by Crippen LogP contribution is 2.24. The van der Waals surface area contributed by atoms with E-state index in [1.54, 1.807) is 12.4 Å². The molecule has 15 heavy (non-hydrogen) atoms. The predicted molar refractivity (Wildman–Crippen MR) is 58.4 cm³/mol. The standard InChI is InChI=1S/C10H6BrN3O/c11-9-2-1-8(15-9)7-6-14-4-3-12-5-10(14)13-7/h1-6H. The minimum Gasteiger partial charge on any atom is -0.448 e. The molecule has 0 aliphatic heterocycles. The molecule has 5 heteroatoms. The van der Waals surface area contributed by atoms with Crippen LogP contribution in [-0.2, 0) is 0 Å². The van der Waals surface area contributed by atoms with Crippen LogP contribution in [0.4, 0.5) is 0 Å². The Labute approximate surface area is 93.7 Å². The van der Waals surface area contributed by atoms with Gasteiger partial charge < -0.3 is 8.82 Å². The second-order valence-electron chi connectivity index (χ2n) is 3.07. The van der Waals surface area contributed by atoms with Crippen molar-refractivity contribution in [2.45, 2.75) is 0 Å². The first-order chi connectivity index (χ1) is 7.33. The molecule has 3 rings (SSSR count). The number of halogens is 1. The van der Waals surface area contributed by atoms with E-state index in [-0.39, 0.29) is 0 Å². The molecule has 0 aliphatic rings. The number of hydrogen-bond acceptors (Lipinski definition) is 3. The Morgan fingerprint density at radius 1 is 1.33 bits per heavy atom. The third-order valence-corrected chi connectivity index (χ3v) is 2.52. The molecule has 0 saturated heterocycles. The molecule has 74 valence electrons. The fourth-order valence-electron chi connectivity index (χ4n) is 1.41. The molecular formula is C10H6BrN3O. The van der Waals surface area contributed by atoms with Crippen LogP contribution in [0.25, 0.3) is 17.1 Å². The molecule has 0 fully saturated rings. The summed E-state index contributed by atoms with van der Waals surface area (Å²) in [6, 6.07) is 3.72. The number of aromatic nitrogens is 3. The van der Waals surface area contributed by atoms with Crippen LogP contribution in [-0.4, -0.2) is 14.4 Å². The zero-order chi connectivity index (χ0) is 10.3. The Bertz CT molecular complexity index is 581. The normalized spacial score (nSPS) is 11.0. The Morgan fingerprint density at radius 2 is 2.27 bits per heavy atom. The van der Waals surface area contributed by atoms with Crippen molar-refractivity contribution in [2.75, 3.05) is 0 Å². The summed E-state index contributed by atoms with van der Waals surface area (Å²) in [7, 11) is 0. The molecule has 3 aromatic heterocycles. The van der Waals surface area contributed by atoms with E-state index in [4.69, 9.17) is 4.42 Å². The van der Waals surface area contributed by atoms with Crippen molar-refractivity contribution in [1.82, 2.24) is 14.4 Å². The Balaban J connectivity index is 2.19. The molecule has 0 atom stereocenters. The average Bonchev–Trinajstić information content (AvgIpc) is 2.82. The zero-order valence-corrected chi connectivity index (χ0v) is 9.18. The molecule has 0 radical (unpaired) electrons. The van der Waals surface area contributed by atoms with Gasteiger partial charge in [0, 0.05) is 18.6 Å². The first-order valence-electron chi connectivity index (χ1n) is 4.37. The molecule has 0 spiro atoms. The van der Waals surface area contributed by atoms with E-state index in [1.165, 1.54) is 0 Å². The highest BCUT2D eigenvalue weighted by molar-refractivity contribution is 9.10. The van der Waals surface area contributed by atoms with Gasteiger partial charge in [-0.3, -0.25) is 4.98 Å². The van der Waals surface area contributed by atoms with Gasteiger partial charge in [0.15, 0.2) is 16.1 Å². The van der Waals surface area contributed by atoms with Crippen LogP contribution in [0.3, 0.4) is 0 Å². The minimum atomic E-state index is 0.702. The van der Waals surface area contributed by atoms with Crippen molar-refractivity contribution in [2.24, 2.45) is 0 Å². The first kappa shape index (κ1) is 8.67. The van der Waals surface area contributed by atoms with Gasteiger partial charge in [0.1, 0.15) is 5.69 Å². The monoisotopic (exact) mass is 263 g/mol. The predicted octanol–water partition coefficient (Wildman–Crippen LogP) is 2.75. The van der Waals surface area contributed by atoms with E-state index in [0.717, 1.165) is 17.1 Å². The molecule has 4 nitrogen and oxygen atoms in total. The number of rotatable bonds is 1. The maximum Gasteiger partial charge on any atom is 0.169 e. The van der Waals surface area contributed by atoms with Gasteiger partial charge in [0.25, 0.3) is 0 Å². The van der Waals surface area contributed by atoms with Gasteiger partial charge in [-0.15, -0.1) is 0 Å². The molecule has 0 amide bonds. The van der Waals surface area contributed by atoms with Crippen molar-refractivity contribution >= 4 is 21.6 Å². The molecule has 0 unspecified atom stereocenters. The smallest absolute Gasteiger partial charge is 0.169 e. The van der Waals surface area contributed by atoms with E-state index in [2.05, 4.69) is 25.9 Å². The minimum absolute atomic E-state index is 0.702. The zero-order valence-electron chi connectivity index (χ0n) is 7.59. The molecule has 3 aromatic rings. The van der Waals surface area contributed by atoms with Gasteiger partial charge in [-0.25, -0.2) is 4.98 Å². The van der Waals surface area contributed by atoms with Crippen molar-refractivity contribution < 1.29 is 4.42 Å². The van der Waals surface area contributed by atoms with E-state index in [1.807, 2.05) is 28.9 Å². The highest BCUT2D eigenvalue weighted by atomic mass is 79.9. The number of hydrogen-bond donors (Lipinski definition) is 0. The molecule has 0 aliphatic carbocycles. The summed E-state index contributed by atoms with van der Waals surface area (Å²) in [5.41, 5.74) is 1.61. The quantitative estimate of drug-likeness (QED) is 0.678. The lowest BCUT2D eigenvalue weighted by Crippen LogP contribution is -1.81. The third-order valence-electron chi connectivity index (χ3n) is 2.09. The van der Waals surface area contributed by atoms with Gasteiger partial charge in [0.05, 0.1) is 6.20 Å². The van der Waals surface area contributed by atoms with Crippen LogP contribution in [0, 0.1) is 0 Å². The van der Waals surface area contributed by atoms with Gasteiger partial charge in [-0.2, -0.15) is 0 Å². The van der Waals surface area contributed by atoms with Gasteiger partial charge in [-0.1, -0.05) is 0 Å². The fourth-order valence-corrected chi connectivity index (χ4v) is 1.72. The third kappa shape index (κ3) is 1.45. The van der Waals surface area contributed by atoms with Crippen LogP contribution < -0.4 is 0 Å². The molecule has 0 bridgehead atoms. The van der Waals surface area contributed by atoms with Gasteiger partial charge >= 0.3 is 0 Å². The Hall–Kier alpha value is -1.62. The highest BCUT2D eigenvalue weighted by Gasteiger charge is 2.07. The van der Waals surface area contributed by atoms with E-state index >= 15 is 0 Å². The lowest BCUT2D eigenvalue weighted by Gasteiger charge is -1.86. The molecular weight excluding hydrogens is 258 g/mol. The van der Waals surface area contributed by atoms with Crippen LogP contribution in [0.2, 0.25) is 0 Å². The number of nitrogens with zero attached hydrogens (tertiary/aromatic N) is 3. The van der Waals surface area contributed by atoms with E-state index < -0.39 is 0 Å². The van der Waals surface area contributed by atoms with Crippen molar-refractivity contribution in [3.05, 3.63) is 41.6 Å². The first-order valence-corrected chi connectivity index (χ1v) is 5.17. The lowest BCUT2D eigenvalue weighted by atomic mass is 10.4. The summed E-state index contributed by atoms with van der Waals surface area (Å²) in [6.45, 7) is 0. The lowest BCUT2D eigenvalue weighted by molar-refractivity contribution is 0.554. The topological polar surface area (TPSA) is 43.3 Å². The maximum absolute atomic E-state index is 5.42.